The number of methoxy groups -OCH3 is 1. The number of carbonyl (C=O) groups is 1. The first-order chi connectivity index (χ1) is 8.11. The Bertz CT molecular complexity index is 419. The fraction of sp³-hybridized carbons (Fsp3) is 0.636. The van der Waals surface area contributed by atoms with Gasteiger partial charge in [-0.2, -0.15) is 0 Å². The van der Waals surface area contributed by atoms with Gasteiger partial charge >= 0.3 is 5.97 Å². The quantitative estimate of drug-likeness (QED) is 0.893. The molecule has 1 saturated heterocycles. The highest BCUT2D eigenvalue weighted by atomic mass is 32.1. The molecule has 0 aliphatic carbocycles. The highest BCUT2D eigenvalue weighted by Crippen LogP contribution is 2.28. The number of hydrogen-bond acceptors (Lipinski definition) is 5. The van der Waals surface area contributed by atoms with Crippen molar-refractivity contribution in [1.29, 1.82) is 0 Å². The molecule has 1 aliphatic rings. The Balaban J connectivity index is 2.16. The van der Waals surface area contributed by atoms with Crippen molar-refractivity contribution >= 4 is 22.4 Å². The van der Waals surface area contributed by atoms with Gasteiger partial charge in [-0.25, -0.2) is 9.78 Å². The second-order valence-corrected chi connectivity index (χ2v) is 5.33. The van der Waals surface area contributed by atoms with Crippen LogP contribution >= 0.6 is 11.3 Å². The van der Waals surface area contributed by atoms with E-state index >= 15 is 0 Å². The van der Waals surface area contributed by atoms with Crippen LogP contribution in [-0.2, 0) is 4.74 Å². The fourth-order valence-corrected chi connectivity index (χ4v) is 2.96. The summed E-state index contributed by atoms with van der Waals surface area (Å²) >= 11 is 1.44. The van der Waals surface area contributed by atoms with Crippen molar-refractivity contribution in [3.05, 3.63) is 10.6 Å². The van der Waals surface area contributed by atoms with Gasteiger partial charge in [0.2, 0.25) is 0 Å². The smallest absolute Gasteiger partial charge is 0.355 e. The number of anilines is 1. The third-order valence-corrected chi connectivity index (χ3v) is 4.00. The molecule has 1 aromatic heterocycles. The summed E-state index contributed by atoms with van der Waals surface area (Å²) in [7, 11) is 1.71. The Morgan fingerprint density at radius 1 is 1.65 bits per heavy atom. The van der Waals surface area contributed by atoms with Crippen LogP contribution in [0.4, 0.5) is 5.13 Å². The maximum atomic E-state index is 10.9. The number of rotatable bonds is 3. The average molecular weight is 256 g/mol. The average Bonchev–Trinajstić information content (AvgIpc) is 2.71. The van der Waals surface area contributed by atoms with Gasteiger partial charge in [0, 0.05) is 25.1 Å². The van der Waals surface area contributed by atoms with Crippen LogP contribution in [0.25, 0.3) is 0 Å². The second kappa shape index (κ2) is 5.01. The Labute approximate surface area is 104 Å². The number of hydrogen-bond donors (Lipinski definition) is 1. The molecule has 0 aromatic carbocycles. The number of aromatic nitrogens is 1. The van der Waals surface area contributed by atoms with Crippen molar-refractivity contribution in [2.75, 3.05) is 25.1 Å². The lowest BCUT2D eigenvalue weighted by molar-refractivity contribution is 0.0690. The summed E-state index contributed by atoms with van der Waals surface area (Å²) in [5.74, 6) is -0.953. The molecule has 1 atom stereocenters. The number of carboxylic acids is 1. The van der Waals surface area contributed by atoms with Crippen molar-refractivity contribution in [1.82, 2.24) is 4.98 Å². The highest BCUT2D eigenvalue weighted by Gasteiger charge is 2.24. The fourth-order valence-electron chi connectivity index (χ4n) is 2.02. The van der Waals surface area contributed by atoms with E-state index in [0.29, 0.717) is 0 Å². The van der Waals surface area contributed by atoms with E-state index in [1.54, 1.807) is 14.0 Å². The maximum Gasteiger partial charge on any atom is 0.355 e. The Kier molecular flexibility index (Phi) is 3.63. The molecule has 1 aromatic rings. The standard InChI is InChI=1S/C11H16N2O3S/c1-7-9(10(14)15)12-11(17-7)13-5-3-4-8(6-13)16-2/h8H,3-6H2,1-2H3,(H,14,15). The predicted molar refractivity (Wildman–Crippen MR) is 66.1 cm³/mol. The van der Waals surface area contributed by atoms with Gasteiger partial charge in [-0.05, 0) is 19.8 Å². The van der Waals surface area contributed by atoms with Crippen molar-refractivity contribution in [3.8, 4) is 0 Å². The minimum absolute atomic E-state index is 0.171. The number of thiazole rings is 1. The molecule has 1 aliphatic heterocycles. The number of aryl methyl sites for hydroxylation is 1. The van der Waals surface area contributed by atoms with Crippen LogP contribution in [0.15, 0.2) is 0 Å². The van der Waals surface area contributed by atoms with Crippen LogP contribution in [0.1, 0.15) is 28.2 Å². The third kappa shape index (κ3) is 2.58. The van der Waals surface area contributed by atoms with Gasteiger partial charge < -0.3 is 14.7 Å². The van der Waals surface area contributed by atoms with Crippen LogP contribution in [0.3, 0.4) is 0 Å². The SMILES string of the molecule is COC1CCCN(c2nc(C(=O)O)c(C)s2)C1. The lowest BCUT2D eigenvalue weighted by atomic mass is 10.1. The number of ether oxygens (including phenoxy) is 1. The molecular formula is C11H16N2O3S. The van der Waals surface area contributed by atoms with E-state index in [9.17, 15) is 4.79 Å². The lowest BCUT2D eigenvalue weighted by Gasteiger charge is -2.31. The van der Waals surface area contributed by atoms with E-state index in [0.717, 1.165) is 35.9 Å². The largest absolute Gasteiger partial charge is 0.476 e. The van der Waals surface area contributed by atoms with E-state index in [4.69, 9.17) is 9.84 Å². The van der Waals surface area contributed by atoms with E-state index < -0.39 is 5.97 Å². The summed E-state index contributed by atoms with van der Waals surface area (Å²) in [6.45, 7) is 3.51. The zero-order valence-corrected chi connectivity index (χ0v) is 10.8. The van der Waals surface area contributed by atoms with Gasteiger partial charge in [-0.15, -0.1) is 11.3 Å². The van der Waals surface area contributed by atoms with Gasteiger partial charge in [-0.1, -0.05) is 0 Å². The Hall–Kier alpha value is -1.14. The summed E-state index contributed by atoms with van der Waals surface area (Å²) in [5, 5.41) is 9.77. The van der Waals surface area contributed by atoms with Crippen LogP contribution in [0.2, 0.25) is 0 Å². The van der Waals surface area contributed by atoms with Gasteiger partial charge in [0.15, 0.2) is 10.8 Å². The Morgan fingerprint density at radius 2 is 2.41 bits per heavy atom. The third-order valence-electron chi connectivity index (χ3n) is 2.97. The monoisotopic (exact) mass is 256 g/mol. The molecular weight excluding hydrogens is 240 g/mol. The topological polar surface area (TPSA) is 62.7 Å². The molecule has 0 amide bonds. The Morgan fingerprint density at radius 3 is 3.00 bits per heavy atom. The molecule has 0 spiro atoms. The number of nitrogens with zero attached hydrogens (tertiary/aromatic N) is 2. The summed E-state index contributed by atoms with van der Waals surface area (Å²) in [4.78, 5) is 18.0. The second-order valence-electron chi connectivity index (χ2n) is 4.15. The van der Waals surface area contributed by atoms with E-state index in [2.05, 4.69) is 9.88 Å². The molecule has 0 saturated carbocycles. The van der Waals surface area contributed by atoms with E-state index in [1.807, 2.05) is 0 Å². The molecule has 1 N–H and O–H groups in total. The van der Waals surface area contributed by atoms with Crippen molar-refractivity contribution in [3.63, 3.8) is 0 Å². The minimum atomic E-state index is -0.953. The molecule has 1 fully saturated rings. The molecule has 5 nitrogen and oxygen atoms in total. The summed E-state index contributed by atoms with van der Waals surface area (Å²) in [5.41, 5.74) is 0.171. The molecule has 94 valence electrons. The maximum absolute atomic E-state index is 10.9. The van der Waals surface area contributed by atoms with Crippen molar-refractivity contribution in [2.24, 2.45) is 0 Å². The lowest BCUT2D eigenvalue weighted by Crippen LogP contribution is -2.39. The van der Waals surface area contributed by atoms with Gasteiger partial charge in [-0.3, -0.25) is 0 Å². The molecule has 2 heterocycles. The first-order valence-corrected chi connectivity index (χ1v) is 6.42. The van der Waals surface area contributed by atoms with Crippen molar-refractivity contribution < 1.29 is 14.6 Å². The van der Waals surface area contributed by atoms with Crippen LogP contribution in [0, 0.1) is 6.92 Å². The first-order valence-electron chi connectivity index (χ1n) is 5.60. The molecule has 1 unspecified atom stereocenters. The van der Waals surface area contributed by atoms with E-state index in [1.165, 1.54) is 11.3 Å². The summed E-state index contributed by atoms with van der Waals surface area (Å²) in [6, 6.07) is 0. The normalized spacial score (nSPS) is 20.6. The molecule has 0 bridgehead atoms. The number of carboxylic acid groups (broad SMARTS) is 1. The zero-order valence-electron chi connectivity index (χ0n) is 9.97. The summed E-state index contributed by atoms with van der Waals surface area (Å²) in [6.07, 6.45) is 2.34. The molecule has 17 heavy (non-hydrogen) atoms. The minimum Gasteiger partial charge on any atom is -0.476 e. The zero-order chi connectivity index (χ0) is 12.4. The van der Waals surface area contributed by atoms with Gasteiger partial charge in [0.05, 0.1) is 6.10 Å². The molecule has 0 radical (unpaired) electrons. The van der Waals surface area contributed by atoms with Gasteiger partial charge in [0.25, 0.3) is 0 Å². The van der Waals surface area contributed by atoms with Crippen LogP contribution in [0.5, 0.6) is 0 Å². The molecule has 6 heteroatoms. The highest BCUT2D eigenvalue weighted by molar-refractivity contribution is 7.15. The summed E-state index contributed by atoms with van der Waals surface area (Å²) < 4.78 is 5.35. The predicted octanol–water partition coefficient (Wildman–Crippen LogP) is 1.76. The van der Waals surface area contributed by atoms with Crippen LogP contribution in [-0.4, -0.2) is 42.4 Å². The number of aromatic carboxylic acids is 1. The first kappa shape index (κ1) is 12.3. The number of piperidine rings is 1. The van der Waals surface area contributed by atoms with E-state index in [-0.39, 0.29) is 11.8 Å². The van der Waals surface area contributed by atoms with Crippen LogP contribution < -0.4 is 4.90 Å². The molecule has 2 rings (SSSR count). The van der Waals surface area contributed by atoms with Crippen molar-refractivity contribution in [2.45, 2.75) is 25.9 Å². The van der Waals surface area contributed by atoms with Gasteiger partial charge in [0.1, 0.15) is 0 Å².